The fraction of sp³-hybridized carbons (Fsp3) is 0.625. The molecule has 0 bridgehead atoms. The molecule has 0 radical (unpaired) electrons. The first-order chi connectivity index (χ1) is 6.38. The number of ether oxygens (including phenoxy) is 1. The molecule has 0 aromatic carbocycles. The van der Waals surface area contributed by atoms with Crippen LogP contribution in [-0.2, 0) is 14.1 Å². The van der Waals surface area contributed by atoms with Gasteiger partial charge in [-0.15, -0.1) is 0 Å². The predicted molar refractivity (Wildman–Crippen MR) is 51.7 cm³/mol. The zero-order chi connectivity index (χ0) is 11.4. The lowest BCUT2D eigenvalue weighted by atomic mass is 10.2. The maximum Gasteiger partial charge on any atom is 0.352 e. The quantitative estimate of drug-likeness (QED) is 0.427. The molecule has 6 heteroatoms. The average Bonchev–Trinajstić information content (AvgIpc) is 2.10. The van der Waals surface area contributed by atoms with Crippen LogP contribution in [0, 0.1) is 0 Å². The van der Waals surface area contributed by atoms with Crippen molar-refractivity contribution in [2.24, 2.45) is 0 Å². The highest BCUT2D eigenvalue weighted by molar-refractivity contribution is 7.56. The van der Waals surface area contributed by atoms with Crippen LogP contribution in [0.1, 0.15) is 26.7 Å². The molecule has 0 saturated carbocycles. The van der Waals surface area contributed by atoms with Crippen molar-refractivity contribution in [2.45, 2.75) is 26.7 Å². The van der Waals surface area contributed by atoms with Crippen LogP contribution in [-0.4, -0.2) is 22.9 Å². The highest BCUT2D eigenvalue weighted by Gasteiger charge is 2.26. The smallest absolute Gasteiger partial charge is 0.352 e. The molecule has 0 unspecified atom stereocenters. The highest BCUT2D eigenvalue weighted by atomic mass is 31.2. The second-order valence-electron chi connectivity index (χ2n) is 2.67. The molecule has 0 aromatic rings. The Morgan fingerprint density at radius 1 is 1.29 bits per heavy atom. The van der Waals surface area contributed by atoms with Gasteiger partial charge < -0.3 is 14.5 Å². The molecule has 5 nitrogen and oxygen atoms in total. The lowest BCUT2D eigenvalue weighted by Gasteiger charge is -2.12. The van der Waals surface area contributed by atoms with Gasteiger partial charge in [0, 0.05) is 5.57 Å². The van der Waals surface area contributed by atoms with Crippen LogP contribution in [0.25, 0.3) is 0 Å². The third-order valence-corrected chi connectivity index (χ3v) is 3.11. The molecule has 0 aliphatic heterocycles. The maximum atomic E-state index is 11.2. The van der Waals surface area contributed by atoms with Crippen molar-refractivity contribution in [2.75, 3.05) is 7.11 Å². The Morgan fingerprint density at radius 2 is 1.79 bits per heavy atom. The monoisotopic (exact) mass is 222 g/mol. The van der Waals surface area contributed by atoms with Gasteiger partial charge in [-0.25, -0.2) is 4.79 Å². The zero-order valence-corrected chi connectivity index (χ0v) is 9.38. The van der Waals surface area contributed by atoms with E-state index in [1.54, 1.807) is 13.8 Å². The van der Waals surface area contributed by atoms with Crippen LogP contribution in [0.4, 0.5) is 0 Å². The van der Waals surface area contributed by atoms with Gasteiger partial charge in [-0.1, -0.05) is 13.8 Å². The Bertz CT molecular complexity index is 288. The van der Waals surface area contributed by atoms with E-state index in [0.717, 1.165) is 0 Å². The van der Waals surface area contributed by atoms with Crippen LogP contribution in [0.5, 0.6) is 0 Å². The minimum Gasteiger partial charge on any atom is -0.466 e. The Hall–Kier alpha value is -0.640. The molecule has 0 fully saturated rings. The van der Waals surface area contributed by atoms with Crippen LogP contribution in [0.2, 0.25) is 0 Å². The molecule has 0 spiro atoms. The van der Waals surface area contributed by atoms with Crippen LogP contribution >= 0.6 is 7.60 Å². The van der Waals surface area contributed by atoms with Gasteiger partial charge in [0.15, 0.2) is 0 Å². The summed E-state index contributed by atoms with van der Waals surface area (Å²) in [6.07, 6.45) is 0.392. The second kappa shape index (κ2) is 5.29. The van der Waals surface area contributed by atoms with Gasteiger partial charge in [-0.05, 0) is 12.8 Å². The van der Waals surface area contributed by atoms with Crippen molar-refractivity contribution in [3.63, 3.8) is 0 Å². The van der Waals surface area contributed by atoms with Crippen molar-refractivity contribution in [3.05, 3.63) is 10.9 Å². The summed E-state index contributed by atoms with van der Waals surface area (Å²) in [7, 11) is -3.15. The lowest BCUT2D eigenvalue weighted by Crippen LogP contribution is -2.07. The Morgan fingerprint density at radius 3 is 2.00 bits per heavy atom. The van der Waals surface area contributed by atoms with Crippen molar-refractivity contribution >= 4 is 13.6 Å². The van der Waals surface area contributed by atoms with Gasteiger partial charge in [0.2, 0.25) is 0 Å². The first kappa shape index (κ1) is 13.4. The summed E-state index contributed by atoms with van der Waals surface area (Å²) < 4.78 is 15.5. The minimum absolute atomic E-state index is 0.0725. The molecule has 0 heterocycles. The van der Waals surface area contributed by atoms with E-state index in [0.29, 0.717) is 0 Å². The van der Waals surface area contributed by atoms with Crippen molar-refractivity contribution in [1.82, 2.24) is 0 Å². The maximum absolute atomic E-state index is 11.2. The van der Waals surface area contributed by atoms with Gasteiger partial charge in [-0.3, -0.25) is 4.57 Å². The van der Waals surface area contributed by atoms with Crippen molar-refractivity contribution in [3.8, 4) is 0 Å². The van der Waals surface area contributed by atoms with E-state index >= 15 is 0 Å². The molecule has 82 valence electrons. The third-order valence-electron chi connectivity index (χ3n) is 1.82. The molecule has 2 N–H and O–H groups in total. The van der Waals surface area contributed by atoms with E-state index < -0.39 is 13.6 Å². The SMILES string of the molecule is CC/C(C(=O)OC)=C(/CC)P(=O)(O)O. The molecule has 0 aromatic heterocycles. The fourth-order valence-corrected chi connectivity index (χ4v) is 2.20. The number of hydrogen-bond donors (Lipinski definition) is 2. The van der Waals surface area contributed by atoms with E-state index in [2.05, 4.69) is 4.74 Å². The third kappa shape index (κ3) is 3.25. The number of methoxy groups -OCH3 is 1. The predicted octanol–water partition coefficient (Wildman–Crippen LogP) is 1.41. The minimum atomic E-state index is -4.34. The van der Waals surface area contributed by atoms with Crippen molar-refractivity contribution in [1.29, 1.82) is 0 Å². The second-order valence-corrected chi connectivity index (χ2v) is 4.30. The van der Waals surface area contributed by atoms with Gasteiger partial charge in [0.05, 0.1) is 12.4 Å². The first-order valence-corrected chi connectivity index (χ1v) is 5.86. The van der Waals surface area contributed by atoms with Gasteiger partial charge >= 0.3 is 13.6 Å². The Labute approximate surface area is 82.9 Å². The number of rotatable bonds is 4. The normalized spacial score (nSPS) is 13.5. The Kier molecular flexibility index (Phi) is 5.05. The molecule has 0 saturated heterocycles. The summed E-state index contributed by atoms with van der Waals surface area (Å²) in [5.41, 5.74) is 0.0725. The van der Waals surface area contributed by atoms with E-state index in [1.807, 2.05) is 0 Å². The Balaban J connectivity index is 5.35. The molecule has 0 aliphatic carbocycles. The van der Waals surface area contributed by atoms with E-state index in [9.17, 15) is 9.36 Å². The standard InChI is InChI=1S/C8H15O5P/c1-4-6(8(9)13-3)7(5-2)14(10,11)12/h4-5H2,1-3H3,(H2,10,11,12)/b7-6+. The molecule has 0 atom stereocenters. The van der Waals surface area contributed by atoms with E-state index in [1.165, 1.54) is 7.11 Å². The largest absolute Gasteiger partial charge is 0.466 e. The zero-order valence-electron chi connectivity index (χ0n) is 8.48. The molecular formula is C8H15O5P. The van der Waals surface area contributed by atoms with Gasteiger partial charge in [0.1, 0.15) is 0 Å². The van der Waals surface area contributed by atoms with Crippen LogP contribution < -0.4 is 0 Å². The topological polar surface area (TPSA) is 83.8 Å². The summed E-state index contributed by atoms with van der Waals surface area (Å²) in [6, 6.07) is 0. The van der Waals surface area contributed by atoms with Gasteiger partial charge in [-0.2, -0.15) is 0 Å². The molecule has 0 aliphatic rings. The number of carbonyl (C=O) groups is 1. The van der Waals surface area contributed by atoms with Crippen LogP contribution in [0.15, 0.2) is 10.9 Å². The van der Waals surface area contributed by atoms with E-state index in [4.69, 9.17) is 9.79 Å². The van der Waals surface area contributed by atoms with Gasteiger partial charge in [0.25, 0.3) is 0 Å². The highest BCUT2D eigenvalue weighted by Crippen LogP contribution is 2.48. The molecular weight excluding hydrogens is 207 g/mol. The number of hydrogen-bond acceptors (Lipinski definition) is 3. The summed E-state index contributed by atoms with van der Waals surface area (Å²) in [4.78, 5) is 29.1. The summed E-state index contributed by atoms with van der Waals surface area (Å²) in [5, 5.41) is -0.133. The fourth-order valence-electron chi connectivity index (χ4n) is 1.18. The number of esters is 1. The van der Waals surface area contributed by atoms with E-state index in [-0.39, 0.29) is 23.7 Å². The lowest BCUT2D eigenvalue weighted by molar-refractivity contribution is -0.136. The summed E-state index contributed by atoms with van der Waals surface area (Å²) in [5.74, 6) is -0.673. The van der Waals surface area contributed by atoms with Crippen LogP contribution in [0.3, 0.4) is 0 Å². The number of allylic oxidation sites excluding steroid dienone is 1. The molecule has 0 amide bonds. The molecule has 14 heavy (non-hydrogen) atoms. The molecule has 0 rings (SSSR count). The summed E-state index contributed by atoms with van der Waals surface area (Å²) >= 11 is 0. The first-order valence-electron chi connectivity index (χ1n) is 4.24. The number of carbonyl (C=O) groups excluding carboxylic acids is 1. The van der Waals surface area contributed by atoms with Crippen molar-refractivity contribution < 1.29 is 23.9 Å². The summed E-state index contributed by atoms with van der Waals surface area (Å²) in [6.45, 7) is 3.24. The average molecular weight is 222 g/mol.